The Morgan fingerprint density at radius 2 is 2.43 bits per heavy atom. The molecular weight excluding hydrogens is 194 g/mol. The monoisotopic (exact) mass is 211 g/mol. The Labute approximate surface area is 88.9 Å². The van der Waals surface area contributed by atoms with E-state index in [9.17, 15) is 0 Å². The zero-order valence-electron chi connectivity index (χ0n) is 8.55. The van der Waals surface area contributed by atoms with Gasteiger partial charge >= 0.3 is 0 Å². The van der Waals surface area contributed by atoms with Crippen molar-refractivity contribution in [1.29, 1.82) is 0 Å². The standard InChI is InChI=1S/C10H17N3S/c1-2-3-10(4-5-10)7-12-9-6-8(11)13-14-9/h6,12H,2-5,7H2,1H3,(H2,11,13). The Bertz CT molecular complexity index is 304. The smallest absolute Gasteiger partial charge is 0.139 e. The summed E-state index contributed by atoms with van der Waals surface area (Å²) >= 11 is 1.45. The molecule has 0 saturated heterocycles. The molecule has 1 heterocycles. The van der Waals surface area contributed by atoms with Crippen molar-refractivity contribution in [3.05, 3.63) is 6.07 Å². The minimum atomic E-state index is 0.591. The summed E-state index contributed by atoms with van der Waals surface area (Å²) in [6, 6.07) is 1.91. The molecule has 4 heteroatoms. The van der Waals surface area contributed by atoms with Crippen LogP contribution in [-0.4, -0.2) is 10.9 Å². The average molecular weight is 211 g/mol. The van der Waals surface area contributed by atoms with Gasteiger partial charge in [0.05, 0.1) is 0 Å². The topological polar surface area (TPSA) is 50.9 Å². The van der Waals surface area contributed by atoms with Crippen LogP contribution in [0, 0.1) is 5.41 Å². The molecule has 1 fully saturated rings. The number of nitrogen functional groups attached to an aromatic ring is 1. The van der Waals surface area contributed by atoms with Crippen molar-refractivity contribution in [1.82, 2.24) is 4.37 Å². The molecule has 1 aromatic rings. The van der Waals surface area contributed by atoms with Crippen LogP contribution < -0.4 is 11.1 Å². The van der Waals surface area contributed by atoms with E-state index < -0.39 is 0 Å². The van der Waals surface area contributed by atoms with Gasteiger partial charge in [-0.15, -0.1) is 0 Å². The molecule has 1 aliphatic rings. The van der Waals surface area contributed by atoms with E-state index in [1.807, 2.05) is 6.07 Å². The van der Waals surface area contributed by atoms with Crippen LogP contribution in [0.25, 0.3) is 0 Å². The minimum absolute atomic E-state index is 0.591. The fourth-order valence-electron chi connectivity index (χ4n) is 1.87. The SMILES string of the molecule is CCCC1(CNc2cc(N)ns2)CC1. The van der Waals surface area contributed by atoms with Crippen LogP contribution in [0.4, 0.5) is 10.8 Å². The molecule has 0 unspecified atom stereocenters. The molecule has 0 bridgehead atoms. The fourth-order valence-corrected chi connectivity index (χ4v) is 2.44. The lowest BCUT2D eigenvalue weighted by atomic mass is 10.0. The van der Waals surface area contributed by atoms with E-state index in [-0.39, 0.29) is 0 Å². The van der Waals surface area contributed by atoms with Crippen molar-refractivity contribution < 1.29 is 0 Å². The van der Waals surface area contributed by atoms with Gasteiger partial charge in [-0.25, -0.2) is 0 Å². The van der Waals surface area contributed by atoms with Crippen LogP contribution in [0.15, 0.2) is 6.07 Å². The maximum atomic E-state index is 5.55. The van der Waals surface area contributed by atoms with Gasteiger partial charge in [-0.2, -0.15) is 4.37 Å². The van der Waals surface area contributed by atoms with Gasteiger partial charge in [0, 0.05) is 12.6 Å². The Kier molecular flexibility index (Phi) is 2.63. The van der Waals surface area contributed by atoms with Crippen LogP contribution in [0.5, 0.6) is 0 Å². The predicted molar refractivity (Wildman–Crippen MR) is 61.6 cm³/mol. The van der Waals surface area contributed by atoms with Gasteiger partial charge in [0.25, 0.3) is 0 Å². The number of nitrogens with one attached hydrogen (secondary N) is 1. The van der Waals surface area contributed by atoms with Gasteiger partial charge in [-0.05, 0) is 36.2 Å². The zero-order chi connectivity index (χ0) is 10.0. The molecule has 14 heavy (non-hydrogen) atoms. The van der Waals surface area contributed by atoms with Crippen LogP contribution in [0.1, 0.15) is 32.6 Å². The zero-order valence-corrected chi connectivity index (χ0v) is 9.36. The first-order valence-electron chi connectivity index (χ1n) is 5.20. The number of anilines is 2. The largest absolute Gasteiger partial charge is 0.383 e. The Hall–Kier alpha value is -0.770. The lowest BCUT2D eigenvalue weighted by Gasteiger charge is -2.14. The second kappa shape index (κ2) is 3.77. The van der Waals surface area contributed by atoms with Crippen molar-refractivity contribution in [3.63, 3.8) is 0 Å². The molecule has 0 aromatic carbocycles. The molecule has 78 valence electrons. The van der Waals surface area contributed by atoms with Crippen molar-refractivity contribution in [3.8, 4) is 0 Å². The maximum absolute atomic E-state index is 5.55. The molecule has 2 rings (SSSR count). The molecule has 0 amide bonds. The van der Waals surface area contributed by atoms with Gasteiger partial charge in [-0.1, -0.05) is 13.3 Å². The summed E-state index contributed by atoms with van der Waals surface area (Å²) in [5, 5.41) is 4.53. The number of nitrogens with zero attached hydrogens (tertiary/aromatic N) is 1. The summed E-state index contributed by atoms with van der Waals surface area (Å²) in [7, 11) is 0. The fraction of sp³-hybridized carbons (Fsp3) is 0.700. The third-order valence-electron chi connectivity index (χ3n) is 2.90. The van der Waals surface area contributed by atoms with E-state index in [2.05, 4.69) is 16.6 Å². The summed E-state index contributed by atoms with van der Waals surface area (Å²) in [6.45, 7) is 3.34. The van der Waals surface area contributed by atoms with E-state index in [0.717, 1.165) is 11.5 Å². The highest BCUT2D eigenvalue weighted by atomic mass is 32.1. The molecule has 3 nitrogen and oxygen atoms in total. The molecule has 0 atom stereocenters. The molecule has 1 aliphatic carbocycles. The van der Waals surface area contributed by atoms with Crippen molar-refractivity contribution in [2.45, 2.75) is 32.6 Å². The third-order valence-corrected chi connectivity index (χ3v) is 3.66. The summed E-state index contributed by atoms with van der Waals surface area (Å²) < 4.78 is 4.04. The first kappa shape index (κ1) is 9.77. The Balaban J connectivity index is 1.82. The average Bonchev–Trinajstić information content (AvgIpc) is 2.80. The molecular formula is C10H17N3S. The maximum Gasteiger partial charge on any atom is 0.139 e. The Morgan fingerprint density at radius 1 is 1.64 bits per heavy atom. The van der Waals surface area contributed by atoms with Crippen LogP contribution in [0.3, 0.4) is 0 Å². The molecule has 0 radical (unpaired) electrons. The van der Waals surface area contributed by atoms with E-state index in [1.165, 1.54) is 37.2 Å². The molecule has 0 spiro atoms. The lowest BCUT2D eigenvalue weighted by molar-refractivity contribution is 0.486. The summed E-state index contributed by atoms with van der Waals surface area (Å²) in [5.74, 6) is 0.623. The highest BCUT2D eigenvalue weighted by molar-refractivity contribution is 7.10. The quantitative estimate of drug-likeness (QED) is 0.787. The summed E-state index contributed by atoms with van der Waals surface area (Å²) in [6.07, 6.45) is 5.38. The van der Waals surface area contributed by atoms with E-state index >= 15 is 0 Å². The van der Waals surface area contributed by atoms with Gasteiger partial charge in [0.1, 0.15) is 10.8 Å². The van der Waals surface area contributed by atoms with Crippen molar-refractivity contribution >= 4 is 22.4 Å². The minimum Gasteiger partial charge on any atom is -0.383 e. The van der Waals surface area contributed by atoms with E-state index in [4.69, 9.17) is 5.73 Å². The highest BCUT2D eigenvalue weighted by Gasteiger charge is 2.41. The lowest BCUT2D eigenvalue weighted by Crippen LogP contribution is -2.14. The Morgan fingerprint density at radius 3 is 2.93 bits per heavy atom. The summed E-state index contributed by atoms with van der Waals surface area (Å²) in [4.78, 5) is 0. The van der Waals surface area contributed by atoms with Crippen LogP contribution in [-0.2, 0) is 0 Å². The number of aromatic nitrogens is 1. The third kappa shape index (κ3) is 2.18. The second-order valence-corrected chi connectivity index (χ2v) is 5.02. The summed E-state index contributed by atoms with van der Waals surface area (Å²) in [5.41, 5.74) is 6.14. The second-order valence-electron chi connectivity index (χ2n) is 4.22. The van der Waals surface area contributed by atoms with Crippen molar-refractivity contribution in [2.24, 2.45) is 5.41 Å². The molecule has 1 saturated carbocycles. The van der Waals surface area contributed by atoms with Crippen LogP contribution in [0.2, 0.25) is 0 Å². The molecule has 1 aromatic heterocycles. The van der Waals surface area contributed by atoms with Crippen LogP contribution >= 0.6 is 11.5 Å². The van der Waals surface area contributed by atoms with Crippen molar-refractivity contribution in [2.75, 3.05) is 17.6 Å². The van der Waals surface area contributed by atoms with Gasteiger partial charge in [0.2, 0.25) is 0 Å². The number of hydrogen-bond acceptors (Lipinski definition) is 4. The predicted octanol–water partition coefficient (Wildman–Crippen LogP) is 2.72. The first-order chi connectivity index (χ1) is 6.74. The normalized spacial score (nSPS) is 18.1. The van der Waals surface area contributed by atoms with Gasteiger partial charge in [-0.3, -0.25) is 0 Å². The first-order valence-corrected chi connectivity index (χ1v) is 5.97. The highest BCUT2D eigenvalue weighted by Crippen LogP contribution is 2.49. The molecule has 3 N–H and O–H groups in total. The number of rotatable bonds is 5. The van der Waals surface area contributed by atoms with E-state index in [0.29, 0.717) is 11.2 Å². The van der Waals surface area contributed by atoms with Gasteiger partial charge in [0.15, 0.2) is 0 Å². The number of hydrogen-bond donors (Lipinski definition) is 2. The number of nitrogens with two attached hydrogens (primary N) is 1. The van der Waals surface area contributed by atoms with Gasteiger partial charge < -0.3 is 11.1 Å². The molecule has 0 aliphatic heterocycles. The van der Waals surface area contributed by atoms with E-state index in [1.54, 1.807) is 0 Å².